The highest BCUT2D eigenvalue weighted by molar-refractivity contribution is 9.10. The first-order chi connectivity index (χ1) is 6.58. The highest BCUT2D eigenvalue weighted by Gasteiger charge is 2.38. The maximum absolute atomic E-state index is 13.6. The van der Waals surface area contributed by atoms with Crippen LogP contribution in [-0.2, 0) is 11.8 Å². The van der Waals surface area contributed by atoms with Crippen LogP contribution in [0.25, 0.3) is 0 Å². The van der Waals surface area contributed by atoms with Crippen LogP contribution in [0, 0.1) is 17.1 Å². The molecule has 72 valence electrons. The number of nitrogens with zero attached hydrogens (tertiary/aromatic N) is 1. The number of nitriles is 1. The van der Waals surface area contributed by atoms with E-state index in [1.54, 1.807) is 13.0 Å². The SMILES string of the molecule is CC1(C#N)CCc2c(Br)ccc(F)c21. The van der Waals surface area contributed by atoms with Gasteiger partial charge in [-0.25, -0.2) is 4.39 Å². The van der Waals surface area contributed by atoms with Crippen LogP contribution < -0.4 is 0 Å². The lowest BCUT2D eigenvalue weighted by Gasteiger charge is -2.16. The van der Waals surface area contributed by atoms with Gasteiger partial charge in [-0.05, 0) is 37.5 Å². The molecule has 0 aromatic heterocycles. The number of rotatable bonds is 0. The summed E-state index contributed by atoms with van der Waals surface area (Å²) in [4.78, 5) is 0. The van der Waals surface area contributed by atoms with Gasteiger partial charge < -0.3 is 0 Å². The second-order valence-electron chi connectivity index (χ2n) is 3.83. The highest BCUT2D eigenvalue weighted by Crippen LogP contribution is 2.42. The number of hydrogen-bond donors (Lipinski definition) is 0. The van der Waals surface area contributed by atoms with Gasteiger partial charge in [0, 0.05) is 10.0 Å². The second-order valence-corrected chi connectivity index (χ2v) is 4.68. The molecule has 2 rings (SSSR count). The topological polar surface area (TPSA) is 23.8 Å². The van der Waals surface area contributed by atoms with E-state index >= 15 is 0 Å². The lowest BCUT2D eigenvalue weighted by atomic mass is 9.85. The van der Waals surface area contributed by atoms with E-state index in [-0.39, 0.29) is 5.82 Å². The van der Waals surface area contributed by atoms with Crippen LogP contribution in [0.15, 0.2) is 16.6 Å². The first-order valence-corrected chi connectivity index (χ1v) is 5.26. The third kappa shape index (κ3) is 1.18. The van der Waals surface area contributed by atoms with Crippen molar-refractivity contribution in [2.24, 2.45) is 0 Å². The number of benzene rings is 1. The molecule has 0 bridgehead atoms. The molecule has 0 saturated heterocycles. The van der Waals surface area contributed by atoms with Crippen molar-refractivity contribution < 1.29 is 4.39 Å². The molecule has 1 aromatic rings. The molecule has 0 heterocycles. The molecule has 0 spiro atoms. The normalized spacial score (nSPS) is 24.4. The minimum atomic E-state index is -0.650. The summed E-state index contributed by atoms with van der Waals surface area (Å²) >= 11 is 3.39. The van der Waals surface area contributed by atoms with Crippen LogP contribution in [0.1, 0.15) is 24.5 Å². The Morgan fingerprint density at radius 1 is 1.57 bits per heavy atom. The lowest BCUT2D eigenvalue weighted by Crippen LogP contribution is -2.16. The van der Waals surface area contributed by atoms with Gasteiger partial charge in [0.15, 0.2) is 0 Å². The zero-order valence-corrected chi connectivity index (χ0v) is 9.36. The molecule has 14 heavy (non-hydrogen) atoms. The molecule has 0 radical (unpaired) electrons. The van der Waals surface area contributed by atoms with Crippen LogP contribution in [0.2, 0.25) is 0 Å². The van der Waals surface area contributed by atoms with E-state index in [0.29, 0.717) is 12.0 Å². The summed E-state index contributed by atoms with van der Waals surface area (Å²) in [5, 5.41) is 9.06. The maximum atomic E-state index is 13.6. The molecule has 1 nitrogen and oxygen atoms in total. The monoisotopic (exact) mass is 253 g/mol. The summed E-state index contributed by atoms with van der Waals surface area (Å²) in [7, 11) is 0. The third-order valence-electron chi connectivity index (χ3n) is 2.88. The fraction of sp³-hybridized carbons (Fsp3) is 0.364. The Morgan fingerprint density at radius 3 is 2.93 bits per heavy atom. The first kappa shape index (κ1) is 9.67. The van der Waals surface area contributed by atoms with Gasteiger partial charge >= 0.3 is 0 Å². The minimum Gasteiger partial charge on any atom is -0.207 e. The van der Waals surface area contributed by atoms with Crippen molar-refractivity contribution in [3.8, 4) is 6.07 Å². The van der Waals surface area contributed by atoms with Gasteiger partial charge in [-0.3, -0.25) is 0 Å². The van der Waals surface area contributed by atoms with Crippen molar-refractivity contribution in [1.29, 1.82) is 5.26 Å². The average Bonchev–Trinajstić information content (AvgIpc) is 2.53. The molecule has 0 aliphatic heterocycles. The Morgan fingerprint density at radius 2 is 2.29 bits per heavy atom. The van der Waals surface area contributed by atoms with E-state index in [1.807, 2.05) is 0 Å². The van der Waals surface area contributed by atoms with Crippen LogP contribution in [0.5, 0.6) is 0 Å². The molecule has 0 saturated carbocycles. The Balaban J connectivity index is 2.72. The molecular formula is C11H9BrFN. The van der Waals surface area contributed by atoms with Crippen molar-refractivity contribution in [3.05, 3.63) is 33.5 Å². The third-order valence-corrected chi connectivity index (χ3v) is 3.62. The molecule has 1 unspecified atom stereocenters. The summed E-state index contributed by atoms with van der Waals surface area (Å²) in [6.45, 7) is 1.80. The lowest BCUT2D eigenvalue weighted by molar-refractivity contribution is 0.544. The van der Waals surface area contributed by atoms with Crippen LogP contribution in [0.4, 0.5) is 4.39 Å². The Kier molecular flexibility index (Phi) is 2.11. The number of halogens is 2. The van der Waals surface area contributed by atoms with Crippen LogP contribution >= 0.6 is 15.9 Å². The van der Waals surface area contributed by atoms with E-state index in [1.165, 1.54) is 6.07 Å². The van der Waals surface area contributed by atoms with Crippen molar-refractivity contribution in [2.45, 2.75) is 25.2 Å². The van der Waals surface area contributed by atoms with Gasteiger partial charge in [0.1, 0.15) is 5.82 Å². The van der Waals surface area contributed by atoms with E-state index in [0.717, 1.165) is 16.5 Å². The highest BCUT2D eigenvalue weighted by atomic mass is 79.9. The molecule has 0 N–H and O–H groups in total. The largest absolute Gasteiger partial charge is 0.207 e. The molecule has 1 aliphatic carbocycles. The summed E-state index contributed by atoms with van der Waals surface area (Å²) in [6, 6.07) is 5.33. The van der Waals surface area contributed by atoms with Crippen LogP contribution in [-0.4, -0.2) is 0 Å². The molecule has 1 aliphatic rings. The van der Waals surface area contributed by atoms with Crippen molar-refractivity contribution in [3.63, 3.8) is 0 Å². The Hall–Kier alpha value is -0.880. The molecular weight excluding hydrogens is 245 g/mol. The van der Waals surface area contributed by atoms with Gasteiger partial charge in [0.25, 0.3) is 0 Å². The second kappa shape index (κ2) is 3.06. The zero-order valence-electron chi connectivity index (χ0n) is 7.77. The fourth-order valence-corrected chi connectivity index (χ4v) is 2.58. The Bertz CT molecular complexity index is 436. The smallest absolute Gasteiger partial charge is 0.128 e. The quantitative estimate of drug-likeness (QED) is 0.696. The molecule has 1 aromatic carbocycles. The van der Waals surface area contributed by atoms with Crippen molar-refractivity contribution in [1.82, 2.24) is 0 Å². The summed E-state index contributed by atoms with van der Waals surface area (Å²) in [6.07, 6.45) is 1.48. The molecule has 0 fully saturated rings. The average molecular weight is 254 g/mol. The van der Waals surface area contributed by atoms with E-state index < -0.39 is 5.41 Å². The fourth-order valence-electron chi connectivity index (χ4n) is 2.05. The van der Waals surface area contributed by atoms with E-state index in [2.05, 4.69) is 22.0 Å². The van der Waals surface area contributed by atoms with Crippen LogP contribution in [0.3, 0.4) is 0 Å². The standard InChI is InChI=1S/C11H9BrFN/c1-11(6-14)5-4-7-8(12)2-3-9(13)10(7)11/h2-3H,4-5H2,1H3. The summed E-state index contributed by atoms with van der Waals surface area (Å²) in [5.41, 5.74) is 0.881. The molecule has 0 amide bonds. The minimum absolute atomic E-state index is 0.259. The predicted octanol–water partition coefficient (Wildman–Crippen LogP) is 3.32. The van der Waals surface area contributed by atoms with E-state index in [9.17, 15) is 4.39 Å². The van der Waals surface area contributed by atoms with Gasteiger partial charge in [0.2, 0.25) is 0 Å². The summed E-state index contributed by atoms with van der Waals surface area (Å²) in [5.74, 6) is -0.259. The zero-order chi connectivity index (χ0) is 10.3. The van der Waals surface area contributed by atoms with Gasteiger partial charge in [-0.2, -0.15) is 5.26 Å². The van der Waals surface area contributed by atoms with Gasteiger partial charge in [0.05, 0.1) is 11.5 Å². The van der Waals surface area contributed by atoms with Crippen molar-refractivity contribution in [2.75, 3.05) is 0 Å². The van der Waals surface area contributed by atoms with Gasteiger partial charge in [-0.15, -0.1) is 0 Å². The maximum Gasteiger partial charge on any atom is 0.128 e. The summed E-state index contributed by atoms with van der Waals surface area (Å²) < 4.78 is 14.5. The number of hydrogen-bond acceptors (Lipinski definition) is 1. The molecule has 1 atom stereocenters. The van der Waals surface area contributed by atoms with Crippen molar-refractivity contribution >= 4 is 15.9 Å². The Labute approximate surface area is 90.7 Å². The number of fused-ring (bicyclic) bond motifs is 1. The predicted molar refractivity (Wildman–Crippen MR) is 55.4 cm³/mol. The first-order valence-electron chi connectivity index (χ1n) is 4.47. The van der Waals surface area contributed by atoms with Gasteiger partial charge in [-0.1, -0.05) is 15.9 Å². The molecule has 3 heteroatoms. The van der Waals surface area contributed by atoms with E-state index in [4.69, 9.17) is 5.26 Å².